The van der Waals surface area contributed by atoms with E-state index in [1.807, 2.05) is 31.3 Å². The average molecular weight is 677 g/mol. The second kappa shape index (κ2) is 17.3. The minimum absolute atomic E-state index is 0.133. The number of ether oxygens (including phenoxy) is 4. The summed E-state index contributed by atoms with van der Waals surface area (Å²) in [5, 5.41) is 32.2. The first-order chi connectivity index (χ1) is 23.8. The SMILES string of the molecule is CCOC(=O)O[C@H](C)n1nnnc1COC[C@H](C)N[C@H]1CC[C@H](Nc2cc(-c3cccc(NCC4(C#N)CCOCC4)n3)c(C)cn2)CC1. The number of nitrogens with one attached hydrogen (secondary N) is 3. The molecule has 0 spiro atoms. The van der Waals surface area contributed by atoms with Crippen molar-refractivity contribution < 1.29 is 23.7 Å². The van der Waals surface area contributed by atoms with E-state index in [4.69, 9.17) is 23.9 Å². The van der Waals surface area contributed by atoms with Gasteiger partial charge < -0.3 is 34.9 Å². The van der Waals surface area contributed by atoms with Crippen LogP contribution in [0.25, 0.3) is 11.3 Å². The first-order valence-corrected chi connectivity index (χ1v) is 17.1. The second-order valence-corrected chi connectivity index (χ2v) is 12.9. The summed E-state index contributed by atoms with van der Waals surface area (Å²) in [4.78, 5) is 21.2. The number of tetrazole rings is 1. The number of aryl methyl sites for hydroxylation is 1. The molecule has 3 N–H and O–H groups in total. The van der Waals surface area contributed by atoms with E-state index in [-0.39, 0.29) is 19.3 Å². The van der Waals surface area contributed by atoms with E-state index in [0.717, 1.165) is 67.0 Å². The molecule has 2 atom stereocenters. The summed E-state index contributed by atoms with van der Waals surface area (Å²) in [6.07, 6.45) is 5.96. The van der Waals surface area contributed by atoms with Crippen LogP contribution in [0.4, 0.5) is 16.4 Å². The van der Waals surface area contributed by atoms with Gasteiger partial charge in [0.1, 0.15) is 18.2 Å². The number of hydrogen-bond donors (Lipinski definition) is 3. The smallest absolute Gasteiger partial charge is 0.435 e. The van der Waals surface area contributed by atoms with Crippen molar-refractivity contribution in [3.63, 3.8) is 0 Å². The zero-order valence-corrected chi connectivity index (χ0v) is 28.9. The molecule has 3 aromatic heterocycles. The Kier molecular flexibility index (Phi) is 12.7. The van der Waals surface area contributed by atoms with Crippen LogP contribution in [-0.2, 0) is 25.6 Å². The monoisotopic (exact) mass is 676 g/mol. The van der Waals surface area contributed by atoms with E-state index in [1.54, 1.807) is 13.8 Å². The number of aromatic nitrogens is 6. The summed E-state index contributed by atoms with van der Waals surface area (Å²) in [5.41, 5.74) is 2.52. The van der Waals surface area contributed by atoms with E-state index in [0.29, 0.717) is 44.3 Å². The van der Waals surface area contributed by atoms with Crippen LogP contribution in [0.15, 0.2) is 30.5 Å². The third kappa shape index (κ3) is 10.1. The molecule has 4 heterocycles. The molecule has 3 aromatic rings. The van der Waals surface area contributed by atoms with Crippen LogP contribution >= 0.6 is 0 Å². The number of anilines is 2. The van der Waals surface area contributed by atoms with Crippen molar-refractivity contribution >= 4 is 17.8 Å². The van der Waals surface area contributed by atoms with Gasteiger partial charge in [0.05, 0.1) is 30.4 Å². The highest BCUT2D eigenvalue weighted by Crippen LogP contribution is 2.31. The first kappa shape index (κ1) is 35.9. The minimum atomic E-state index is -0.774. The van der Waals surface area contributed by atoms with Crippen LogP contribution in [0.5, 0.6) is 0 Å². The lowest BCUT2D eigenvalue weighted by Gasteiger charge is -2.32. The first-order valence-electron chi connectivity index (χ1n) is 17.1. The molecule has 0 unspecified atom stereocenters. The molecule has 15 nitrogen and oxygen atoms in total. The molecule has 15 heteroatoms. The quantitative estimate of drug-likeness (QED) is 0.187. The summed E-state index contributed by atoms with van der Waals surface area (Å²) in [6.45, 7) is 10.2. The third-order valence-corrected chi connectivity index (χ3v) is 9.06. The van der Waals surface area contributed by atoms with Crippen molar-refractivity contribution in [1.29, 1.82) is 5.26 Å². The molecule has 5 rings (SSSR count). The largest absolute Gasteiger partial charge is 0.510 e. The van der Waals surface area contributed by atoms with Crippen molar-refractivity contribution in [2.24, 2.45) is 5.41 Å². The van der Waals surface area contributed by atoms with Crippen LogP contribution in [-0.4, -0.2) is 87.4 Å². The van der Waals surface area contributed by atoms with Crippen LogP contribution in [0.3, 0.4) is 0 Å². The van der Waals surface area contributed by atoms with Gasteiger partial charge in [-0.2, -0.15) is 9.94 Å². The zero-order chi connectivity index (χ0) is 34.6. The van der Waals surface area contributed by atoms with Crippen molar-refractivity contribution in [3.05, 3.63) is 41.9 Å². The summed E-state index contributed by atoms with van der Waals surface area (Å²) < 4.78 is 22.8. The van der Waals surface area contributed by atoms with Gasteiger partial charge in [-0.3, -0.25) is 0 Å². The number of rotatable bonds is 15. The Morgan fingerprint density at radius 1 is 1.16 bits per heavy atom. The molecule has 49 heavy (non-hydrogen) atoms. The Hall–Kier alpha value is -4.39. The van der Waals surface area contributed by atoms with Crippen molar-refractivity contribution in [2.45, 2.75) is 97.2 Å². The van der Waals surface area contributed by atoms with Crippen LogP contribution in [0, 0.1) is 23.7 Å². The Morgan fingerprint density at radius 3 is 2.69 bits per heavy atom. The highest BCUT2D eigenvalue weighted by Gasteiger charge is 2.32. The number of nitrogens with zero attached hydrogens (tertiary/aromatic N) is 7. The molecule has 0 amide bonds. The molecule has 1 aliphatic heterocycles. The van der Waals surface area contributed by atoms with Crippen LogP contribution < -0.4 is 16.0 Å². The van der Waals surface area contributed by atoms with E-state index in [9.17, 15) is 10.1 Å². The van der Waals surface area contributed by atoms with Crippen molar-refractivity contribution in [2.75, 3.05) is 43.6 Å². The fourth-order valence-corrected chi connectivity index (χ4v) is 6.23. The lowest BCUT2D eigenvalue weighted by atomic mass is 9.82. The van der Waals surface area contributed by atoms with Gasteiger partial charge in [0.2, 0.25) is 0 Å². The lowest BCUT2D eigenvalue weighted by molar-refractivity contribution is -0.00389. The van der Waals surface area contributed by atoms with Gasteiger partial charge in [-0.05, 0) is 100 Å². The predicted octanol–water partition coefficient (Wildman–Crippen LogP) is 4.78. The summed E-state index contributed by atoms with van der Waals surface area (Å²) >= 11 is 0. The van der Waals surface area contributed by atoms with Gasteiger partial charge in [0.25, 0.3) is 0 Å². The van der Waals surface area contributed by atoms with Gasteiger partial charge >= 0.3 is 6.16 Å². The molecule has 264 valence electrons. The lowest BCUT2D eigenvalue weighted by Crippen LogP contribution is -2.43. The van der Waals surface area contributed by atoms with Crippen molar-refractivity contribution in [3.8, 4) is 17.3 Å². The van der Waals surface area contributed by atoms with E-state index < -0.39 is 17.8 Å². The third-order valence-electron chi connectivity index (χ3n) is 9.06. The normalized spacial score (nSPS) is 20.1. The Morgan fingerprint density at radius 2 is 1.94 bits per heavy atom. The van der Waals surface area contributed by atoms with Gasteiger partial charge in [-0.25, -0.2) is 14.8 Å². The highest BCUT2D eigenvalue weighted by molar-refractivity contribution is 5.68. The topological polar surface area (TPSA) is 183 Å². The zero-order valence-electron chi connectivity index (χ0n) is 28.9. The molecule has 0 radical (unpaired) electrons. The molecule has 1 saturated heterocycles. The second-order valence-electron chi connectivity index (χ2n) is 12.9. The Bertz CT molecular complexity index is 1550. The molecule has 0 bridgehead atoms. The maximum atomic E-state index is 11.6. The standard InChI is InChI=1S/C34H48N10O5/c1-5-48-33(45)49-25(4)44-32(41-42-43-44)20-47-19-24(3)38-26-9-11-27(12-10-26)39-31-17-28(23(2)18-36-31)29-7-6-8-30(40-29)37-22-34(21-35)13-15-46-16-14-34/h6-8,17-18,24-27,38H,5,9-16,19-20,22H2,1-4H3,(H,36,39)(H,37,40)/t24-,25+,26-,27-/m0/s1. The molecular weight excluding hydrogens is 628 g/mol. The number of carbonyl (C=O) groups excluding carboxylic acids is 1. The fourth-order valence-electron chi connectivity index (χ4n) is 6.23. The molecule has 1 aliphatic carbocycles. The maximum Gasteiger partial charge on any atom is 0.510 e. The molecule has 2 aliphatic rings. The molecule has 1 saturated carbocycles. The number of carbonyl (C=O) groups is 1. The molecule has 2 fully saturated rings. The molecular formula is C34H48N10O5. The summed E-state index contributed by atoms with van der Waals surface area (Å²) in [6, 6.07) is 11.4. The Balaban J connectivity index is 1.06. The molecule has 0 aromatic carbocycles. The van der Waals surface area contributed by atoms with Crippen LogP contribution in [0.1, 0.15) is 76.9 Å². The van der Waals surface area contributed by atoms with Gasteiger partial charge in [0.15, 0.2) is 12.1 Å². The predicted molar refractivity (Wildman–Crippen MR) is 181 cm³/mol. The Labute approximate surface area is 287 Å². The van der Waals surface area contributed by atoms with Crippen molar-refractivity contribution in [1.82, 2.24) is 35.5 Å². The van der Waals surface area contributed by atoms with Crippen LogP contribution in [0.2, 0.25) is 0 Å². The summed E-state index contributed by atoms with van der Waals surface area (Å²) in [5.74, 6) is 2.06. The fraction of sp³-hybridized carbons (Fsp3) is 0.618. The summed E-state index contributed by atoms with van der Waals surface area (Å²) in [7, 11) is 0. The van der Waals surface area contributed by atoms with E-state index in [1.165, 1.54) is 4.68 Å². The van der Waals surface area contributed by atoms with E-state index >= 15 is 0 Å². The highest BCUT2D eigenvalue weighted by atomic mass is 16.7. The maximum absolute atomic E-state index is 11.6. The van der Waals surface area contributed by atoms with Gasteiger partial charge in [0, 0.05) is 49.6 Å². The minimum Gasteiger partial charge on any atom is -0.435 e. The van der Waals surface area contributed by atoms with Gasteiger partial charge in [-0.1, -0.05) is 6.07 Å². The number of nitriles is 1. The number of hydrogen-bond acceptors (Lipinski definition) is 14. The van der Waals surface area contributed by atoms with E-state index in [2.05, 4.69) is 55.5 Å². The number of pyridine rings is 2. The average Bonchev–Trinajstić information content (AvgIpc) is 3.58. The van der Waals surface area contributed by atoms with Gasteiger partial charge in [-0.15, -0.1) is 5.10 Å².